The van der Waals surface area contributed by atoms with E-state index >= 15 is 0 Å². The maximum atomic E-state index is 9.27. The molecular weight excluding hydrogens is 172 g/mol. The third-order valence-corrected chi connectivity index (χ3v) is 2.19. The Bertz CT molecular complexity index is 130. The van der Waals surface area contributed by atoms with Crippen LogP contribution >= 0.6 is 11.6 Å². The van der Waals surface area contributed by atoms with Crippen LogP contribution < -0.4 is 0 Å². The average molecular weight is 183 g/mol. The largest absolute Gasteiger partial charge is 0.389 e. The van der Waals surface area contributed by atoms with E-state index in [-0.39, 0.29) is 6.61 Å². The summed E-state index contributed by atoms with van der Waals surface area (Å²) in [6.07, 6.45) is -2.51. The minimum absolute atomic E-state index is 0.101. The van der Waals surface area contributed by atoms with Crippen molar-refractivity contribution in [2.45, 2.75) is 23.9 Å². The molecule has 1 aliphatic rings. The lowest BCUT2D eigenvalue weighted by Gasteiger charge is -2.33. The van der Waals surface area contributed by atoms with Crippen LogP contribution in [0.3, 0.4) is 0 Å². The number of rotatable bonds is 1. The first kappa shape index (κ1) is 9.22. The Morgan fingerprint density at radius 1 is 1.55 bits per heavy atom. The van der Waals surface area contributed by atoms with Crippen molar-refractivity contribution in [1.82, 2.24) is 0 Å². The molecule has 2 N–H and O–H groups in total. The van der Waals surface area contributed by atoms with Crippen LogP contribution in [-0.4, -0.2) is 47.8 Å². The fourth-order valence-corrected chi connectivity index (χ4v) is 1.16. The molecule has 1 rings (SSSR count). The van der Waals surface area contributed by atoms with Gasteiger partial charge in [-0.25, -0.2) is 0 Å². The standard InChI is InChI=1S/C6H11ClO4/c1-10-6-5(9)4(7)3(8)2-11-6/h3-6,8-9H,2H2,1H3/t3-,4+,5-,6-/m1/s1. The minimum atomic E-state index is -0.967. The summed E-state index contributed by atoms with van der Waals surface area (Å²) < 4.78 is 9.67. The highest BCUT2D eigenvalue weighted by molar-refractivity contribution is 6.21. The minimum Gasteiger partial charge on any atom is -0.389 e. The highest BCUT2D eigenvalue weighted by Gasteiger charge is 2.37. The second-order valence-corrected chi connectivity index (χ2v) is 2.94. The van der Waals surface area contributed by atoms with Gasteiger partial charge in [0.05, 0.1) is 18.1 Å². The number of aliphatic hydroxyl groups is 2. The lowest BCUT2D eigenvalue weighted by molar-refractivity contribution is -0.222. The van der Waals surface area contributed by atoms with E-state index < -0.39 is 23.9 Å². The normalized spacial score (nSPS) is 45.8. The molecular formula is C6H11ClO4. The van der Waals surface area contributed by atoms with Crippen molar-refractivity contribution >= 4 is 11.6 Å². The number of hydrogen-bond acceptors (Lipinski definition) is 4. The highest BCUT2D eigenvalue weighted by Crippen LogP contribution is 2.20. The Labute approximate surface area is 69.7 Å². The SMILES string of the molecule is CO[C@@H]1OC[C@@H](O)[C@H](Cl)[C@H]1O. The molecule has 0 saturated carbocycles. The summed E-state index contributed by atoms with van der Waals surface area (Å²) in [4.78, 5) is 0. The molecule has 0 aromatic heterocycles. The van der Waals surface area contributed by atoms with Gasteiger partial charge in [0.25, 0.3) is 0 Å². The van der Waals surface area contributed by atoms with Gasteiger partial charge >= 0.3 is 0 Å². The van der Waals surface area contributed by atoms with Crippen molar-refractivity contribution < 1.29 is 19.7 Å². The van der Waals surface area contributed by atoms with Crippen LogP contribution in [0, 0.1) is 0 Å². The molecule has 1 saturated heterocycles. The van der Waals surface area contributed by atoms with Crippen molar-refractivity contribution in [3.8, 4) is 0 Å². The van der Waals surface area contributed by atoms with Gasteiger partial charge in [-0.15, -0.1) is 11.6 Å². The molecule has 0 radical (unpaired) electrons. The molecule has 0 unspecified atom stereocenters. The zero-order valence-corrected chi connectivity index (χ0v) is 6.86. The smallest absolute Gasteiger partial charge is 0.184 e. The maximum absolute atomic E-state index is 9.27. The molecule has 0 aromatic rings. The van der Waals surface area contributed by atoms with Crippen LogP contribution in [0.5, 0.6) is 0 Å². The molecule has 0 aromatic carbocycles. The second-order valence-electron chi connectivity index (χ2n) is 2.44. The zero-order chi connectivity index (χ0) is 8.43. The molecule has 1 fully saturated rings. The number of aliphatic hydroxyl groups excluding tert-OH is 2. The van der Waals surface area contributed by atoms with Crippen LogP contribution in [0.1, 0.15) is 0 Å². The molecule has 1 aliphatic heterocycles. The summed E-state index contributed by atoms with van der Waals surface area (Å²) in [5, 5.41) is 17.6. The second kappa shape index (κ2) is 3.69. The van der Waals surface area contributed by atoms with E-state index in [2.05, 4.69) is 0 Å². The predicted molar refractivity (Wildman–Crippen MR) is 38.4 cm³/mol. The van der Waals surface area contributed by atoms with Gasteiger partial charge in [0.2, 0.25) is 0 Å². The van der Waals surface area contributed by atoms with E-state index in [1.54, 1.807) is 0 Å². The summed E-state index contributed by atoms with van der Waals surface area (Å²) >= 11 is 5.63. The van der Waals surface area contributed by atoms with Gasteiger partial charge in [-0.05, 0) is 0 Å². The molecule has 11 heavy (non-hydrogen) atoms. The van der Waals surface area contributed by atoms with Crippen LogP contribution in [0.25, 0.3) is 0 Å². The van der Waals surface area contributed by atoms with Gasteiger partial charge in [-0.2, -0.15) is 0 Å². The van der Waals surface area contributed by atoms with Crippen molar-refractivity contribution in [1.29, 1.82) is 0 Å². The van der Waals surface area contributed by atoms with Crippen LogP contribution in [0.4, 0.5) is 0 Å². The van der Waals surface area contributed by atoms with E-state index in [9.17, 15) is 5.11 Å². The summed E-state index contributed by atoms with van der Waals surface area (Å²) in [7, 11) is 1.41. The first-order valence-electron chi connectivity index (χ1n) is 3.31. The predicted octanol–water partition coefficient (Wildman–Crippen LogP) is -0.682. The van der Waals surface area contributed by atoms with Gasteiger partial charge in [0.15, 0.2) is 6.29 Å². The molecule has 0 amide bonds. The van der Waals surface area contributed by atoms with Crippen molar-refractivity contribution in [3.63, 3.8) is 0 Å². The van der Waals surface area contributed by atoms with Crippen molar-refractivity contribution in [2.24, 2.45) is 0 Å². The van der Waals surface area contributed by atoms with E-state index in [0.717, 1.165) is 0 Å². The number of methoxy groups -OCH3 is 1. The first-order valence-corrected chi connectivity index (χ1v) is 3.75. The monoisotopic (exact) mass is 182 g/mol. The van der Waals surface area contributed by atoms with Crippen LogP contribution in [-0.2, 0) is 9.47 Å². The number of hydrogen-bond donors (Lipinski definition) is 2. The molecule has 1 heterocycles. The van der Waals surface area contributed by atoms with Gasteiger partial charge in [0, 0.05) is 7.11 Å². The average Bonchev–Trinajstić information content (AvgIpc) is 2.01. The summed E-state index contributed by atoms with van der Waals surface area (Å²) in [5.41, 5.74) is 0. The molecule has 66 valence electrons. The molecule has 0 bridgehead atoms. The molecule has 0 spiro atoms. The van der Waals surface area contributed by atoms with E-state index in [4.69, 9.17) is 26.2 Å². The van der Waals surface area contributed by atoms with E-state index in [1.165, 1.54) is 7.11 Å². The molecule has 5 heteroatoms. The van der Waals surface area contributed by atoms with Crippen molar-refractivity contribution in [2.75, 3.05) is 13.7 Å². The van der Waals surface area contributed by atoms with Gasteiger partial charge in [0.1, 0.15) is 6.10 Å². The number of halogens is 1. The Balaban J connectivity index is 2.52. The Kier molecular flexibility index (Phi) is 3.09. The summed E-state index contributed by atoms with van der Waals surface area (Å²) in [5.74, 6) is 0. The van der Waals surface area contributed by atoms with Gasteiger partial charge in [-0.1, -0.05) is 0 Å². The van der Waals surface area contributed by atoms with Gasteiger partial charge in [-0.3, -0.25) is 0 Å². The maximum Gasteiger partial charge on any atom is 0.184 e. The fraction of sp³-hybridized carbons (Fsp3) is 1.00. The zero-order valence-electron chi connectivity index (χ0n) is 6.11. The number of alkyl halides is 1. The Hall–Kier alpha value is 0.130. The van der Waals surface area contributed by atoms with Crippen LogP contribution in [0.15, 0.2) is 0 Å². The summed E-state index contributed by atoms with van der Waals surface area (Å²) in [6, 6.07) is 0. The fourth-order valence-electron chi connectivity index (χ4n) is 0.969. The lowest BCUT2D eigenvalue weighted by atomic mass is 10.1. The number of ether oxygens (including phenoxy) is 2. The summed E-state index contributed by atoms with van der Waals surface area (Å²) in [6.45, 7) is 0.101. The Morgan fingerprint density at radius 2 is 2.18 bits per heavy atom. The third kappa shape index (κ3) is 1.83. The molecule has 0 aliphatic carbocycles. The first-order chi connectivity index (χ1) is 5.16. The van der Waals surface area contributed by atoms with E-state index in [1.807, 2.05) is 0 Å². The van der Waals surface area contributed by atoms with E-state index in [0.29, 0.717) is 0 Å². The topological polar surface area (TPSA) is 58.9 Å². The third-order valence-electron chi connectivity index (χ3n) is 1.64. The Morgan fingerprint density at radius 3 is 2.73 bits per heavy atom. The molecule has 4 nitrogen and oxygen atoms in total. The lowest BCUT2D eigenvalue weighted by Crippen LogP contribution is -2.50. The molecule has 4 atom stereocenters. The van der Waals surface area contributed by atoms with Crippen LogP contribution in [0.2, 0.25) is 0 Å². The highest BCUT2D eigenvalue weighted by atomic mass is 35.5. The van der Waals surface area contributed by atoms with Gasteiger partial charge < -0.3 is 19.7 Å². The van der Waals surface area contributed by atoms with Crippen molar-refractivity contribution in [3.05, 3.63) is 0 Å². The quantitative estimate of drug-likeness (QED) is 0.528.